The minimum atomic E-state index is -0.0516. The fraction of sp³-hybridized carbons (Fsp3) is 0.682. The van der Waals surface area contributed by atoms with Crippen LogP contribution in [0.5, 0.6) is 5.75 Å². The Bertz CT molecular complexity index is 603. The Morgan fingerprint density at radius 2 is 1.65 bits per heavy atom. The highest BCUT2D eigenvalue weighted by atomic mass is 16.5. The maximum absolute atomic E-state index is 13.0. The van der Waals surface area contributed by atoms with Gasteiger partial charge in [0.05, 0.1) is 0 Å². The summed E-state index contributed by atoms with van der Waals surface area (Å²) >= 11 is 0. The van der Waals surface area contributed by atoms with E-state index >= 15 is 0 Å². The lowest BCUT2D eigenvalue weighted by Crippen LogP contribution is -2.53. The van der Waals surface area contributed by atoms with Crippen molar-refractivity contribution in [1.82, 2.24) is 10.2 Å². The van der Waals surface area contributed by atoms with Crippen LogP contribution in [-0.4, -0.2) is 38.1 Å². The summed E-state index contributed by atoms with van der Waals surface area (Å²) in [5.41, 5.74) is 1.09. The van der Waals surface area contributed by atoms with Gasteiger partial charge in [-0.15, -0.1) is 0 Å². The molecule has 26 heavy (non-hydrogen) atoms. The molecule has 5 rings (SSSR count). The maximum atomic E-state index is 13.0. The first-order chi connectivity index (χ1) is 12.5. The highest BCUT2D eigenvalue weighted by Gasteiger charge is 2.54. The lowest BCUT2D eigenvalue weighted by molar-refractivity contribution is -0.146. The molecule has 0 radical (unpaired) electrons. The van der Waals surface area contributed by atoms with Crippen LogP contribution in [0.2, 0.25) is 0 Å². The van der Waals surface area contributed by atoms with Crippen LogP contribution in [-0.2, 0) is 11.3 Å². The number of likely N-dealkylation sites (N-methyl/N-ethyl adjacent to an activating group) is 1. The van der Waals surface area contributed by atoms with E-state index in [-0.39, 0.29) is 5.41 Å². The molecule has 4 heteroatoms. The average Bonchev–Trinajstić information content (AvgIpc) is 2.59. The Morgan fingerprint density at radius 3 is 2.19 bits per heavy atom. The third kappa shape index (κ3) is 3.75. The van der Waals surface area contributed by atoms with Crippen LogP contribution in [0.1, 0.15) is 44.1 Å². The van der Waals surface area contributed by atoms with Crippen LogP contribution in [0.15, 0.2) is 24.3 Å². The van der Waals surface area contributed by atoms with Gasteiger partial charge in [-0.3, -0.25) is 4.79 Å². The minimum Gasteiger partial charge on any atom is -0.492 e. The third-order valence-corrected chi connectivity index (χ3v) is 6.70. The zero-order valence-electron chi connectivity index (χ0n) is 16.2. The Hall–Kier alpha value is -1.55. The van der Waals surface area contributed by atoms with Gasteiger partial charge in [0, 0.05) is 18.5 Å². The normalized spacial score (nSPS) is 32.0. The Labute approximate surface area is 157 Å². The van der Waals surface area contributed by atoms with E-state index in [0.29, 0.717) is 19.1 Å². The van der Waals surface area contributed by atoms with Crippen molar-refractivity contribution in [3.05, 3.63) is 29.8 Å². The zero-order chi connectivity index (χ0) is 18.1. The predicted molar refractivity (Wildman–Crippen MR) is 103 cm³/mol. The Morgan fingerprint density at radius 1 is 1.08 bits per heavy atom. The molecule has 142 valence electrons. The first kappa shape index (κ1) is 17.8. The first-order valence-corrected chi connectivity index (χ1v) is 10.2. The maximum Gasteiger partial charge on any atom is 0.226 e. The molecule has 1 N–H and O–H groups in total. The molecule has 4 fully saturated rings. The van der Waals surface area contributed by atoms with Crippen LogP contribution in [0.3, 0.4) is 0 Å². The molecule has 0 aliphatic heterocycles. The van der Waals surface area contributed by atoms with Crippen molar-refractivity contribution in [3.8, 4) is 5.75 Å². The van der Waals surface area contributed by atoms with Crippen molar-refractivity contribution in [3.63, 3.8) is 0 Å². The highest BCUT2D eigenvalue weighted by Crippen LogP contribution is 2.60. The number of hydrogen-bond acceptors (Lipinski definition) is 3. The quantitative estimate of drug-likeness (QED) is 0.813. The average molecular weight is 357 g/mol. The topological polar surface area (TPSA) is 41.6 Å². The number of benzene rings is 1. The highest BCUT2D eigenvalue weighted by molar-refractivity contribution is 5.83. The summed E-state index contributed by atoms with van der Waals surface area (Å²) in [6.07, 6.45) is 7.52. The first-order valence-electron chi connectivity index (χ1n) is 10.2. The van der Waals surface area contributed by atoms with Crippen molar-refractivity contribution in [2.24, 2.45) is 23.2 Å². The van der Waals surface area contributed by atoms with Crippen molar-refractivity contribution in [2.45, 2.75) is 45.1 Å². The molecule has 0 atom stereocenters. The molecule has 1 aromatic carbocycles. The number of amides is 1. The van der Waals surface area contributed by atoms with Crippen LogP contribution in [0.25, 0.3) is 0 Å². The van der Waals surface area contributed by atoms with Crippen molar-refractivity contribution in [2.75, 3.05) is 27.2 Å². The van der Waals surface area contributed by atoms with Gasteiger partial charge < -0.3 is 15.0 Å². The molecule has 4 bridgehead atoms. The summed E-state index contributed by atoms with van der Waals surface area (Å²) in [6.45, 7) is 2.22. The lowest BCUT2D eigenvalue weighted by atomic mass is 9.49. The number of ether oxygens (including phenoxy) is 1. The number of carbonyl (C=O) groups excluding carboxylic acids is 1. The lowest BCUT2D eigenvalue weighted by Gasteiger charge is -2.55. The van der Waals surface area contributed by atoms with Gasteiger partial charge in [-0.2, -0.15) is 0 Å². The second-order valence-electron chi connectivity index (χ2n) is 9.18. The van der Waals surface area contributed by atoms with Gasteiger partial charge in [0.15, 0.2) is 0 Å². The molecule has 1 amide bonds. The molecular formula is C22H32N2O2. The van der Waals surface area contributed by atoms with E-state index in [1.807, 2.05) is 26.2 Å². The fourth-order valence-electron chi connectivity index (χ4n) is 5.81. The molecule has 0 heterocycles. The van der Waals surface area contributed by atoms with E-state index in [2.05, 4.69) is 22.3 Å². The minimum absolute atomic E-state index is 0.0516. The summed E-state index contributed by atoms with van der Waals surface area (Å²) in [5, 5.41) is 3.25. The predicted octanol–water partition coefficient (Wildman–Crippen LogP) is 3.46. The van der Waals surface area contributed by atoms with Crippen LogP contribution >= 0.6 is 0 Å². The van der Waals surface area contributed by atoms with Crippen molar-refractivity contribution >= 4 is 5.91 Å². The second-order valence-corrected chi connectivity index (χ2v) is 9.18. The standard InChI is InChI=1S/C22H32N2O2/c1-24(2)7-8-26-20-5-3-16(4-6-20)15-23-21(25)22-12-17-9-18(13-22)11-19(10-17)14-22/h3-6,17-19H,7-15H2,1-2H3,(H,23,25). The Balaban J connectivity index is 1.29. The van der Waals surface area contributed by atoms with Crippen LogP contribution < -0.4 is 10.1 Å². The molecule has 4 aliphatic carbocycles. The van der Waals surface area contributed by atoms with E-state index in [1.165, 1.54) is 19.3 Å². The molecule has 1 aromatic rings. The fourth-order valence-corrected chi connectivity index (χ4v) is 5.81. The molecular weight excluding hydrogens is 324 g/mol. The summed E-state index contributed by atoms with van der Waals surface area (Å²) in [5.74, 6) is 3.63. The molecule has 0 aromatic heterocycles. The number of nitrogens with zero attached hydrogens (tertiary/aromatic N) is 1. The molecule has 0 unspecified atom stereocenters. The van der Waals surface area contributed by atoms with Gasteiger partial charge in [-0.1, -0.05) is 12.1 Å². The van der Waals surface area contributed by atoms with Gasteiger partial charge in [-0.25, -0.2) is 0 Å². The molecule has 4 aliphatic rings. The molecule has 0 saturated heterocycles. The Kier molecular flexibility index (Phi) is 4.96. The number of hydrogen-bond donors (Lipinski definition) is 1. The van der Waals surface area contributed by atoms with E-state index in [0.717, 1.165) is 54.9 Å². The van der Waals surface area contributed by atoms with Gasteiger partial charge in [0.2, 0.25) is 5.91 Å². The van der Waals surface area contributed by atoms with Gasteiger partial charge in [-0.05, 0) is 88.1 Å². The van der Waals surface area contributed by atoms with Crippen molar-refractivity contribution in [1.29, 1.82) is 0 Å². The number of rotatable bonds is 7. The summed E-state index contributed by atoms with van der Waals surface area (Å²) in [6, 6.07) is 8.12. The SMILES string of the molecule is CN(C)CCOc1ccc(CNC(=O)C23CC4CC(CC(C4)C2)C3)cc1. The summed E-state index contributed by atoms with van der Waals surface area (Å²) in [4.78, 5) is 15.1. The van der Waals surface area contributed by atoms with Crippen LogP contribution in [0.4, 0.5) is 0 Å². The van der Waals surface area contributed by atoms with E-state index in [9.17, 15) is 4.79 Å². The van der Waals surface area contributed by atoms with Gasteiger partial charge in [0.1, 0.15) is 12.4 Å². The second kappa shape index (κ2) is 7.22. The number of carbonyl (C=O) groups is 1. The zero-order valence-corrected chi connectivity index (χ0v) is 16.2. The van der Waals surface area contributed by atoms with E-state index < -0.39 is 0 Å². The molecule has 0 spiro atoms. The number of nitrogens with one attached hydrogen (secondary N) is 1. The molecule has 4 saturated carbocycles. The summed E-state index contributed by atoms with van der Waals surface area (Å²) in [7, 11) is 4.08. The monoisotopic (exact) mass is 356 g/mol. The van der Waals surface area contributed by atoms with E-state index in [4.69, 9.17) is 4.74 Å². The van der Waals surface area contributed by atoms with Gasteiger partial charge in [0.25, 0.3) is 0 Å². The van der Waals surface area contributed by atoms with Crippen LogP contribution in [0, 0.1) is 23.2 Å². The summed E-state index contributed by atoms with van der Waals surface area (Å²) < 4.78 is 5.73. The smallest absolute Gasteiger partial charge is 0.226 e. The third-order valence-electron chi connectivity index (χ3n) is 6.70. The van der Waals surface area contributed by atoms with Gasteiger partial charge >= 0.3 is 0 Å². The van der Waals surface area contributed by atoms with E-state index in [1.54, 1.807) is 0 Å². The largest absolute Gasteiger partial charge is 0.492 e. The van der Waals surface area contributed by atoms with Crippen molar-refractivity contribution < 1.29 is 9.53 Å². The molecule has 4 nitrogen and oxygen atoms in total.